The lowest BCUT2D eigenvalue weighted by atomic mass is 9.70. The number of nitrogens with zero attached hydrogens (tertiary/aromatic N) is 3. The lowest BCUT2D eigenvalue weighted by Crippen LogP contribution is -2.59. The topological polar surface area (TPSA) is 90.4 Å². The van der Waals surface area contributed by atoms with E-state index < -0.39 is 35.6 Å². The zero-order valence-electron chi connectivity index (χ0n) is 26.7. The number of amides is 3. The average Bonchev–Trinajstić information content (AvgIpc) is 3.66. The molecule has 7 atom stereocenters. The Balaban J connectivity index is 1.56. The zero-order valence-corrected chi connectivity index (χ0v) is 28.3. The summed E-state index contributed by atoms with van der Waals surface area (Å²) in [6.07, 6.45) is 6.39. The average molecular weight is 693 g/mol. The number of carbonyl (C=O) groups excluding carboxylic acids is 3. The van der Waals surface area contributed by atoms with E-state index in [-0.39, 0.29) is 29.2 Å². The Morgan fingerprint density at radius 2 is 1.65 bits per heavy atom. The first-order valence-electron chi connectivity index (χ1n) is 16.4. The van der Waals surface area contributed by atoms with Crippen LogP contribution >= 0.6 is 15.9 Å². The molecule has 2 aromatic carbocycles. The summed E-state index contributed by atoms with van der Waals surface area (Å²) < 4.78 is 6.80. The lowest BCUT2D eigenvalue weighted by Gasteiger charge is -2.39. The van der Waals surface area contributed by atoms with E-state index in [0.29, 0.717) is 39.0 Å². The number of rotatable bonds is 16. The van der Waals surface area contributed by atoms with Crippen molar-refractivity contribution in [3.63, 3.8) is 0 Å². The molecule has 246 valence electrons. The van der Waals surface area contributed by atoms with Gasteiger partial charge in [-0.05, 0) is 30.4 Å². The van der Waals surface area contributed by atoms with Crippen molar-refractivity contribution in [2.24, 2.45) is 11.8 Å². The molecular formula is C37H46BrN3O5. The summed E-state index contributed by atoms with van der Waals surface area (Å²) in [5, 5.41) is 10.8. The number of benzene rings is 2. The zero-order chi connectivity index (χ0) is 32.8. The summed E-state index contributed by atoms with van der Waals surface area (Å²) in [7, 11) is 0. The molecule has 3 saturated heterocycles. The van der Waals surface area contributed by atoms with Crippen LogP contribution in [0.3, 0.4) is 0 Å². The highest BCUT2D eigenvalue weighted by molar-refractivity contribution is 9.09. The number of halogens is 1. The molecule has 3 fully saturated rings. The number of carbonyl (C=O) groups is 3. The van der Waals surface area contributed by atoms with E-state index in [0.717, 1.165) is 30.4 Å². The number of fused-ring (bicyclic) bond motifs is 1. The molecule has 3 amide bonds. The summed E-state index contributed by atoms with van der Waals surface area (Å²) in [5.41, 5.74) is 0.695. The van der Waals surface area contributed by atoms with Crippen molar-refractivity contribution >= 4 is 33.7 Å². The Morgan fingerprint density at radius 3 is 2.26 bits per heavy atom. The minimum Gasteiger partial charge on any atom is -0.394 e. The lowest BCUT2D eigenvalue weighted by molar-refractivity contribution is -0.151. The van der Waals surface area contributed by atoms with Crippen molar-refractivity contribution in [2.75, 3.05) is 26.2 Å². The van der Waals surface area contributed by atoms with Crippen molar-refractivity contribution in [1.29, 1.82) is 0 Å². The second-order valence-electron chi connectivity index (χ2n) is 12.7. The van der Waals surface area contributed by atoms with Crippen LogP contribution in [0.5, 0.6) is 0 Å². The van der Waals surface area contributed by atoms with E-state index in [1.807, 2.05) is 60.7 Å². The van der Waals surface area contributed by atoms with Crippen LogP contribution in [0.2, 0.25) is 0 Å². The maximum atomic E-state index is 14.8. The molecule has 5 rings (SSSR count). The minimum absolute atomic E-state index is 0.194. The Labute approximate surface area is 281 Å². The number of alkyl halides is 1. The van der Waals surface area contributed by atoms with Crippen molar-refractivity contribution in [3.8, 4) is 0 Å². The van der Waals surface area contributed by atoms with Crippen LogP contribution in [0.25, 0.3) is 0 Å². The monoisotopic (exact) mass is 691 g/mol. The molecule has 9 heteroatoms. The Hall–Kier alpha value is -3.27. The van der Waals surface area contributed by atoms with Gasteiger partial charge < -0.3 is 24.5 Å². The molecule has 0 saturated carbocycles. The van der Waals surface area contributed by atoms with E-state index in [1.165, 1.54) is 0 Å². The van der Waals surface area contributed by atoms with Crippen LogP contribution in [0.15, 0.2) is 86.0 Å². The van der Waals surface area contributed by atoms with Gasteiger partial charge in [-0.3, -0.25) is 14.4 Å². The summed E-state index contributed by atoms with van der Waals surface area (Å²) in [6.45, 7) is 11.1. The molecule has 0 radical (unpaired) electrons. The highest BCUT2D eigenvalue weighted by Gasteiger charge is 2.77. The second kappa shape index (κ2) is 15.1. The highest BCUT2D eigenvalue weighted by atomic mass is 79.9. The molecule has 2 bridgehead atoms. The predicted octanol–water partition coefficient (Wildman–Crippen LogP) is 4.76. The quantitative estimate of drug-likeness (QED) is 0.156. The number of likely N-dealkylation sites (tertiary alicyclic amines) is 1. The van der Waals surface area contributed by atoms with Crippen molar-refractivity contribution < 1.29 is 24.2 Å². The van der Waals surface area contributed by atoms with Crippen molar-refractivity contribution in [3.05, 3.63) is 97.1 Å². The third-order valence-electron chi connectivity index (χ3n) is 9.73. The molecule has 2 aromatic rings. The van der Waals surface area contributed by atoms with Gasteiger partial charge in [0.2, 0.25) is 17.7 Å². The van der Waals surface area contributed by atoms with Crippen molar-refractivity contribution in [2.45, 2.75) is 74.2 Å². The summed E-state index contributed by atoms with van der Waals surface area (Å²) in [4.78, 5) is 48.9. The first-order chi connectivity index (χ1) is 22.3. The van der Waals surface area contributed by atoms with Crippen LogP contribution in [0.1, 0.15) is 43.7 Å². The fourth-order valence-electron chi connectivity index (χ4n) is 7.74. The van der Waals surface area contributed by atoms with Crippen molar-refractivity contribution in [1.82, 2.24) is 14.7 Å². The van der Waals surface area contributed by atoms with E-state index in [1.54, 1.807) is 26.9 Å². The Bertz CT molecular complexity index is 1390. The van der Waals surface area contributed by atoms with E-state index in [9.17, 15) is 19.5 Å². The molecule has 3 aliphatic rings. The van der Waals surface area contributed by atoms with Gasteiger partial charge in [-0.2, -0.15) is 0 Å². The number of hydrogen-bond acceptors (Lipinski definition) is 5. The Morgan fingerprint density at radius 1 is 1.02 bits per heavy atom. The van der Waals surface area contributed by atoms with Crippen LogP contribution in [-0.4, -0.2) is 92.4 Å². The van der Waals surface area contributed by atoms with Gasteiger partial charge >= 0.3 is 0 Å². The molecule has 3 aliphatic heterocycles. The smallest absolute Gasteiger partial charge is 0.248 e. The molecule has 0 aliphatic carbocycles. The normalized spacial score (nSPS) is 26.9. The number of unbranched alkanes of at least 4 members (excludes halogenated alkanes) is 2. The van der Waals surface area contributed by atoms with E-state index >= 15 is 0 Å². The van der Waals surface area contributed by atoms with Gasteiger partial charge in [-0.15, -0.1) is 13.2 Å². The first-order valence-corrected chi connectivity index (χ1v) is 17.3. The van der Waals surface area contributed by atoms with Crippen LogP contribution in [0.4, 0.5) is 0 Å². The Kier molecular flexibility index (Phi) is 11.2. The van der Waals surface area contributed by atoms with Gasteiger partial charge in [-0.1, -0.05) is 109 Å². The SMILES string of the molecule is C=CCN(CCCCC)C(=O)C1N([C@@H](CO)Cc2ccccc2)C(=O)[C@@H]2[C@@H](C(=O)N(CC=C)Cc3ccccc3)[C@@H]3OC12CC3Br. The standard InChI is InChI=1S/C37H46BrN3O5/c1-4-7-14-21-39(19-5-2)36(45)33-37-23-29(38)32(46-37)30(34(43)40(20-6-3)24-27-17-12-9-13-18-27)31(37)35(44)41(33)28(25-42)22-26-15-10-8-11-16-26/h5-6,8-13,15-18,28-33,42H,2-4,7,14,19-25H2,1H3/t28-,29?,30-,31+,32-,33?,37?/m1/s1. The maximum absolute atomic E-state index is 14.8. The van der Waals surface area contributed by atoms with Gasteiger partial charge in [0.05, 0.1) is 30.6 Å². The molecule has 8 nitrogen and oxygen atoms in total. The second-order valence-corrected chi connectivity index (χ2v) is 13.9. The van der Waals surface area contributed by atoms with Gasteiger partial charge in [0, 0.05) is 31.0 Å². The van der Waals surface area contributed by atoms with Gasteiger partial charge in [0.25, 0.3) is 0 Å². The highest BCUT2D eigenvalue weighted by Crippen LogP contribution is 2.61. The van der Waals surface area contributed by atoms with Crippen LogP contribution < -0.4 is 0 Å². The third kappa shape index (κ3) is 6.46. The molecule has 46 heavy (non-hydrogen) atoms. The van der Waals surface area contributed by atoms with Crippen LogP contribution in [-0.2, 0) is 32.1 Å². The largest absolute Gasteiger partial charge is 0.394 e. The maximum Gasteiger partial charge on any atom is 0.248 e. The van der Waals surface area contributed by atoms with E-state index in [4.69, 9.17) is 4.74 Å². The summed E-state index contributed by atoms with van der Waals surface area (Å²) in [5.74, 6) is -2.38. The molecule has 0 aromatic heterocycles. The molecule has 1 spiro atoms. The van der Waals surface area contributed by atoms with E-state index in [2.05, 4.69) is 36.0 Å². The molecular weight excluding hydrogens is 646 g/mol. The van der Waals surface area contributed by atoms with Gasteiger partial charge in [-0.25, -0.2) is 0 Å². The third-order valence-corrected chi connectivity index (χ3v) is 10.6. The number of hydrogen-bond donors (Lipinski definition) is 1. The predicted molar refractivity (Wildman–Crippen MR) is 182 cm³/mol. The number of aliphatic hydroxyl groups is 1. The summed E-state index contributed by atoms with van der Waals surface area (Å²) >= 11 is 3.80. The van der Waals surface area contributed by atoms with Gasteiger partial charge in [0.15, 0.2) is 0 Å². The summed E-state index contributed by atoms with van der Waals surface area (Å²) in [6, 6.07) is 17.7. The number of aliphatic hydroxyl groups excluding tert-OH is 1. The first kappa shape index (κ1) is 34.1. The van der Waals surface area contributed by atoms with Gasteiger partial charge in [0.1, 0.15) is 11.6 Å². The minimum atomic E-state index is -1.21. The fourth-order valence-corrected chi connectivity index (χ4v) is 8.68. The molecule has 3 unspecified atom stereocenters. The molecule has 1 N–H and O–H groups in total. The number of ether oxygens (including phenoxy) is 1. The fraction of sp³-hybridized carbons (Fsp3) is 0.486. The van der Waals surface area contributed by atoms with Crippen LogP contribution in [0, 0.1) is 11.8 Å². The molecule has 3 heterocycles.